The lowest BCUT2D eigenvalue weighted by molar-refractivity contribution is -0.122. The molecule has 0 bridgehead atoms. The fraction of sp³-hybridized carbons (Fsp3) is 0.500. The quantitative estimate of drug-likeness (QED) is 0.830. The standard InChI is InChI=1S/C14H19NO2/c1-10(9-16)15-14(17)8-12-7-6-11-4-2-3-5-13(11)12/h2-5,10,12,16H,6-9H2,1H3,(H,15,17). The molecule has 2 unspecified atom stereocenters. The molecule has 2 rings (SSSR count). The van der Waals surface area contributed by atoms with E-state index in [9.17, 15) is 4.79 Å². The summed E-state index contributed by atoms with van der Waals surface area (Å²) in [6.07, 6.45) is 2.66. The van der Waals surface area contributed by atoms with Gasteiger partial charge in [-0.1, -0.05) is 24.3 Å². The van der Waals surface area contributed by atoms with Crippen LogP contribution in [0.25, 0.3) is 0 Å². The number of aryl methyl sites for hydroxylation is 1. The molecule has 3 nitrogen and oxygen atoms in total. The first-order chi connectivity index (χ1) is 8.20. The summed E-state index contributed by atoms with van der Waals surface area (Å²) in [5.41, 5.74) is 2.69. The Kier molecular flexibility index (Phi) is 3.79. The second kappa shape index (κ2) is 5.32. The summed E-state index contributed by atoms with van der Waals surface area (Å²) < 4.78 is 0. The Morgan fingerprint density at radius 2 is 2.29 bits per heavy atom. The van der Waals surface area contributed by atoms with Crippen LogP contribution >= 0.6 is 0 Å². The molecule has 0 aromatic heterocycles. The highest BCUT2D eigenvalue weighted by molar-refractivity contribution is 5.77. The number of nitrogens with one attached hydrogen (secondary N) is 1. The molecule has 1 amide bonds. The Hall–Kier alpha value is -1.35. The van der Waals surface area contributed by atoms with E-state index in [1.54, 1.807) is 6.92 Å². The van der Waals surface area contributed by atoms with Crippen molar-refractivity contribution >= 4 is 5.91 Å². The number of aliphatic hydroxyl groups excluding tert-OH is 1. The Bertz CT molecular complexity index is 403. The lowest BCUT2D eigenvalue weighted by Crippen LogP contribution is -2.35. The number of amides is 1. The van der Waals surface area contributed by atoms with E-state index in [1.807, 2.05) is 6.07 Å². The molecule has 0 saturated carbocycles. The van der Waals surface area contributed by atoms with Gasteiger partial charge in [-0.15, -0.1) is 0 Å². The van der Waals surface area contributed by atoms with Gasteiger partial charge in [0, 0.05) is 12.5 Å². The van der Waals surface area contributed by atoms with Gasteiger partial charge < -0.3 is 10.4 Å². The van der Waals surface area contributed by atoms with Gasteiger partial charge in [-0.2, -0.15) is 0 Å². The highest BCUT2D eigenvalue weighted by Crippen LogP contribution is 2.34. The largest absolute Gasteiger partial charge is 0.394 e. The highest BCUT2D eigenvalue weighted by Gasteiger charge is 2.24. The normalized spacial score (nSPS) is 19.8. The van der Waals surface area contributed by atoms with E-state index in [0.717, 1.165) is 12.8 Å². The van der Waals surface area contributed by atoms with Crippen molar-refractivity contribution in [1.29, 1.82) is 0 Å². The summed E-state index contributed by atoms with van der Waals surface area (Å²) in [5.74, 6) is 0.380. The van der Waals surface area contributed by atoms with Crippen LogP contribution in [-0.2, 0) is 11.2 Å². The van der Waals surface area contributed by atoms with Crippen molar-refractivity contribution < 1.29 is 9.90 Å². The van der Waals surface area contributed by atoms with Crippen LogP contribution in [0.3, 0.4) is 0 Å². The molecular formula is C14H19NO2. The van der Waals surface area contributed by atoms with E-state index >= 15 is 0 Å². The van der Waals surface area contributed by atoms with Gasteiger partial charge in [-0.3, -0.25) is 4.79 Å². The molecule has 3 heteroatoms. The first-order valence-corrected chi connectivity index (χ1v) is 6.18. The first kappa shape index (κ1) is 12.1. The van der Waals surface area contributed by atoms with Crippen LogP contribution < -0.4 is 5.32 Å². The molecule has 1 aromatic rings. The van der Waals surface area contributed by atoms with Crippen LogP contribution in [0.4, 0.5) is 0 Å². The number of fused-ring (bicyclic) bond motifs is 1. The Balaban J connectivity index is 1.95. The predicted octanol–water partition coefficient (Wildman–Crippen LogP) is 1.60. The molecule has 2 N–H and O–H groups in total. The highest BCUT2D eigenvalue weighted by atomic mass is 16.3. The topological polar surface area (TPSA) is 49.3 Å². The van der Waals surface area contributed by atoms with Crippen LogP contribution in [0.15, 0.2) is 24.3 Å². The zero-order valence-corrected chi connectivity index (χ0v) is 10.1. The second-order valence-electron chi connectivity index (χ2n) is 4.79. The van der Waals surface area contributed by atoms with E-state index < -0.39 is 0 Å². The third kappa shape index (κ3) is 2.86. The fourth-order valence-electron chi connectivity index (χ4n) is 2.46. The lowest BCUT2D eigenvalue weighted by Gasteiger charge is -2.14. The average Bonchev–Trinajstić information content (AvgIpc) is 2.72. The molecule has 0 saturated heterocycles. The van der Waals surface area contributed by atoms with E-state index in [0.29, 0.717) is 12.3 Å². The summed E-state index contributed by atoms with van der Waals surface area (Å²) in [6, 6.07) is 8.19. The number of benzene rings is 1. The fourth-order valence-corrected chi connectivity index (χ4v) is 2.46. The number of aliphatic hydroxyl groups is 1. The molecule has 92 valence electrons. The number of carbonyl (C=O) groups is 1. The Morgan fingerprint density at radius 1 is 1.53 bits per heavy atom. The molecule has 0 aliphatic heterocycles. The third-order valence-electron chi connectivity index (χ3n) is 3.37. The van der Waals surface area contributed by atoms with E-state index in [2.05, 4.69) is 23.5 Å². The summed E-state index contributed by atoms with van der Waals surface area (Å²) >= 11 is 0. The maximum absolute atomic E-state index is 11.8. The zero-order chi connectivity index (χ0) is 12.3. The predicted molar refractivity (Wildman–Crippen MR) is 66.8 cm³/mol. The molecule has 0 fully saturated rings. The van der Waals surface area contributed by atoms with Gasteiger partial charge in [0.2, 0.25) is 5.91 Å². The van der Waals surface area contributed by atoms with Crippen molar-refractivity contribution in [2.24, 2.45) is 0 Å². The molecule has 0 heterocycles. The van der Waals surface area contributed by atoms with Crippen LogP contribution in [0.1, 0.15) is 36.8 Å². The molecular weight excluding hydrogens is 214 g/mol. The van der Waals surface area contributed by atoms with Crippen LogP contribution in [0.2, 0.25) is 0 Å². The molecule has 1 aliphatic carbocycles. The Labute approximate surface area is 102 Å². The van der Waals surface area contributed by atoms with E-state index in [-0.39, 0.29) is 18.6 Å². The van der Waals surface area contributed by atoms with Gasteiger partial charge in [0.1, 0.15) is 0 Å². The first-order valence-electron chi connectivity index (χ1n) is 6.18. The minimum atomic E-state index is -0.154. The molecule has 1 aliphatic rings. The molecule has 0 spiro atoms. The van der Waals surface area contributed by atoms with Crippen molar-refractivity contribution in [2.45, 2.75) is 38.1 Å². The zero-order valence-electron chi connectivity index (χ0n) is 10.1. The number of hydrogen-bond acceptors (Lipinski definition) is 2. The minimum absolute atomic E-state index is 0.00695. The van der Waals surface area contributed by atoms with Gasteiger partial charge >= 0.3 is 0 Å². The van der Waals surface area contributed by atoms with Gasteiger partial charge in [0.15, 0.2) is 0 Å². The number of hydrogen-bond donors (Lipinski definition) is 2. The van der Waals surface area contributed by atoms with E-state index in [1.165, 1.54) is 11.1 Å². The molecule has 2 atom stereocenters. The third-order valence-corrected chi connectivity index (χ3v) is 3.37. The second-order valence-corrected chi connectivity index (χ2v) is 4.79. The average molecular weight is 233 g/mol. The summed E-state index contributed by atoms with van der Waals surface area (Å²) in [6.45, 7) is 1.80. The van der Waals surface area contributed by atoms with E-state index in [4.69, 9.17) is 5.11 Å². The molecule has 1 aromatic carbocycles. The van der Waals surface area contributed by atoms with Crippen molar-refractivity contribution in [3.8, 4) is 0 Å². The SMILES string of the molecule is CC(CO)NC(=O)CC1CCc2ccccc21. The van der Waals surface area contributed by atoms with Crippen molar-refractivity contribution in [3.05, 3.63) is 35.4 Å². The summed E-state index contributed by atoms with van der Waals surface area (Å²) in [5, 5.41) is 11.7. The van der Waals surface area contributed by atoms with Gasteiger partial charge in [0.05, 0.1) is 6.61 Å². The van der Waals surface area contributed by atoms with Crippen LogP contribution in [0.5, 0.6) is 0 Å². The number of rotatable bonds is 4. The van der Waals surface area contributed by atoms with Gasteiger partial charge in [-0.25, -0.2) is 0 Å². The maximum atomic E-state index is 11.8. The molecule has 17 heavy (non-hydrogen) atoms. The Morgan fingerprint density at radius 3 is 3.06 bits per heavy atom. The van der Waals surface area contributed by atoms with Crippen LogP contribution in [0, 0.1) is 0 Å². The smallest absolute Gasteiger partial charge is 0.220 e. The minimum Gasteiger partial charge on any atom is -0.394 e. The van der Waals surface area contributed by atoms with Crippen molar-refractivity contribution in [1.82, 2.24) is 5.32 Å². The monoisotopic (exact) mass is 233 g/mol. The van der Waals surface area contributed by atoms with Gasteiger partial charge in [0.25, 0.3) is 0 Å². The summed E-state index contributed by atoms with van der Waals surface area (Å²) in [4.78, 5) is 11.8. The summed E-state index contributed by atoms with van der Waals surface area (Å²) in [7, 11) is 0. The van der Waals surface area contributed by atoms with Crippen LogP contribution in [-0.4, -0.2) is 23.7 Å². The maximum Gasteiger partial charge on any atom is 0.220 e. The lowest BCUT2D eigenvalue weighted by atomic mass is 9.97. The van der Waals surface area contributed by atoms with Gasteiger partial charge in [-0.05, 0) is 36.8 Å². The van der Waals surface area contributed by atoms with Crippen molar-refractivity contribution in [2.75, 3.05) is 6.61 Å². The number of carbonyl (C=O) groups excluding carboxylic acids is 1. The van der Waals surface area contributed by atoms with Crippen molar-refractivity contribution in [3.63, 3.8) is 0 Å². The molecule has 0 radical (unpaired) electrons.